The number of methoxy groups -OCH3 is 1. The van der Waals surface area contributed by atoms with Crippen molar-refractivity contribution < 1.29 is 23.8 Å². The lowest BCUT2D eigenvalue weighted by Crippen LogP contribution is -2.30. The van der Waals surface area contributed by atoms with Gasteiger partial charge < -0.3 is 14.2 Å². The maximum atomic E-state index is 12.3. The lowest BCUT2D eigenvalue weighted by Gasteiger charge is -2.24. The predicted molar refractivity (Wildman–Crippen MR) is 87.4 cm³/mol. The van der Waals surface area contributed by atoms with Gasteiger partial charge in [0.15, 0.2) is 0 Å². The number of rotatable bonds is 5. The average Bonchev–Trinajstić information content (AvgIpc) is 3.06. The molecule has 0 bridgehead atoms. The van der Waals surface area contributed by atoms with E-state index in [1.807, 2.05) is 18.2 Å². The summed E-state index contributed by atoms with van der Waals surface area (Å²) in [6.07, 6.45) is 2.35. The fraction of sp³-hybridized carbons (Fsp3) is 0.579. The van der Waals surface area contributed by atoms with E-state index < -0.39 is 0 Å². The third-order valence-corrected chi connectivity index (χ3v) is 5.23. The van der Waals surface area contributed by atoms with Crippen LogP contribution in [0.15, 0.2) is 30.3 Å². The molecule has 3 unspecified atom stereocenters. The second kappa shape index (κ2) is 7.34. The number of benzene rings is 1. The molecule has 2 fully saturated rings. The smallest absolute Gasteiger partial charge is 0.338 e. The normalized spacial score (nSPS) is 31.5. The van der Waals surface area contributed by atoms with Gasteiger partial charge in [0.25, 0.3) is 0 Å². The monoisotopic (exact) mass is 332 g/mol. The van der Waals surface area contributed by atoms with Crippen LogP contribution in [0.25, 0.3) is 0 Å². The van der Waals surface area contributed by atoms with Crippen molar-refractivity contribution in [3.8, 4) is 0 Å². The van der Waals surface area contributed by atoms with Crippen LogP contribution in [0.5, 0.6) is 0 Å². The summed E-state index contributed by atoms with van der Waals surface area (Å²) in [5.74, 6) is 0.452. The van der Waals surface area contributed by atoms with Gasteiger partial charge in [-0.2, -0.15) is 0 Å². The molecule has 24 heavy (non-hydrogen) atoms. The van der Waals surface area contributed by atoms with Crippen molar-refractivity contribution in [2.45, 2.75) is 38.4 Å². The van der Waals surface area contributed by atoms with Gasteiger partial charge in [-0.3, -0.25) is 4.79 Å². The zero-order valence-corrected chi connectivity index (χ0v) is 14.1. The average molecular weight is 332 g/mol. The zero-order chi connectivity index (χ0) is 17.1. The Kier molecular flexibility index (Phi) is 5.19. The minimum atomic E-state index is -0.279. The van der Waals surface area contributed by atoms with Crippen LogP contribution in [0.3, 0.4) is 0 Å². The molecule has 0 aromatic heterocycles. The van der Waals surface area contributed by atoms with Crippen LogP contribution in [0.4, 0.5) is 0 Å². The van der Waals surface area contributed by atoms with Crippen LogP contribution >= 0.6 is 0 Å². The summed E-state index contributed by atoms with van der Waals surface area (Å²) in [6, 6.07) is 9.06. The summed E-state index contributed by atoms with van der Waals surface area (Å²) >= 11 is 0. The van der Waals surface area contributed by atoms with Gasteiger partial charge in [-0.05, 0) is 43.2 Å². The van der Waals surface area contributed by atoms with E-state index in [0.29, 0.717) is 24.0 Å². The van der Waals surface area contributed by atoms with Crippen LogP contribution in [0.1, 0.15) is 36.5 Å². The number of fused-ring (bicyclic) bond motifs is 1. The highest BCUT2D eigenvalue weighted by molar-refractivity contribution is 5.89. The molecule has 3 rings (SSSR count). The summed E-state index contributed by atoms with van der Waals surface area (Å²) < 4.78 is 16.5. The van der Waals surface area contributed by atoms with Gasteiger partial charge in [-0.25, -0.2) is 4.79 Å². The molecule has 0 spiro atoms. The van der Waals surface area contributed by atoms with E-state index in [1.54, 1.807) is 19.2 Å². The predicted octanol–water partition coefficient (Wildman–Crippen LogP) is 2.84. The summed E-state index contributed by atoms with van der Waals surface area (Å²) in [6.45, 7) is 2.01. The second-order valence-electron chi connectivity index (χ2n) is 6.79. The molecule has 5 atom stereocenters. The zero-order valence-electron chi connectivity index (χ0n) is 14.1. The summed E-state index contributed by atoms with van der Waals surface area (Å²) in [7, 11) is 1.67. The number of hydrogen-bond donors (Lipinski definition) is 0. The first-order chi connectivity index (χ1) is 11.6. The van der Waals surface area contributed by atoms with Crippen molar-refractivity contribution in [1.82, 2.24) is 0 Å². The Balaban J connectivity index is 1.65. The molecule has 5 heteroatoms. The molecule has 1 aromatic rings. The molecule has 2 aliphatic rings. The van der Waals surface area contributed by atoms with E-state index in [9.17, 15) is 9.59 Å². The summed E-state index contributed by atoms with van der Waals surface area (Å²) in [4.78, 5) is 23.5. The Morgan fingerprint density at radius 1 is 1.08 bits per heavy atom. The molecule has 130 valence electrons. The van der Waals surface area contributed by atoms with Gasteiger partial charge in [0, 0.05) is 20.0 Å². The number of ether oxygens (including phenoxy) is 3. The lowest BCUT2D eigenvalue weighted by atomic mass is 9.92. The van der Waals surface area contributed by atoms with E-state index in [-0.39, 0.29) is 30.1 Å². The van der Waals surface area contributed by atoms with Crippen LogP contribution in [-0.4, -0.2) is 37.9 Å². The Labute approximate surface area is 142 Å². The van der Waals surface area contributed by atoms with E-state index in [1.165, 1.54) is 6.92 Å². The topological polar surface area (TPSA) is 61.8 Å². The SMILES string of the molecule is COCC1C(OC(=O)c2ccccc2)C[C@H]2CC(OC(C)=O)C[C@@H]12. The molecule has 0 amide bonds. The highest BCUT2D eigenvalue weighted by Gasteiger charge is 2.50. The van der Waals surface area contributed by atoms with Gasteiger partial charge in [0.2, 0.25) is 0 Å². The third kappa shape index (κ3) is 3.61. The van der Waals surface area contributed by atoms with Crippen LogP contribution < -0.4 is 0 Å². The third-order valence-electron chi connectivity index (χ3n) is 5.23. The first-order valence-corrected chi connectivity index (χ1v) is 8.50. The first kappa shape index (κ1) is 17.0. The molecule has 0 heterocycles. The van der Waals surface area contributed by atoms with Crippen molar-refractivity contribution in [3.05, 3.63) is 35.9 Å². The Morgan fingerprint density at radius 3 is 2.50 bits per heavy atom. The van der Waals surface area contributed by atoms with Crippen molar-refractivity contribution in [3.63, 3.8) is 0 Å². The van der Waals surface area contributed by atoms with Crippen LogP contribution in [0.2, 0.25) is 0 Å². The van der Waals surface area contributed by atoms with Crippen molar-refractivity contribution in [1.29, 1.82) is 0 Å². The first-order valence-electron chi connectivity index (χ1n) is 8.50. The van der Waals surface area contributed by atoms with Crippen LogP contribution in [0, 0.1) is 17.8 Å². The molecular weight excluding hydrogens is 308 g/mol. The van der Waals surface area contributed by atoms with Gasteiger partial charge >= 0.3 is 11.9 Å². The Morgan fingerprint density at radius 2 is 1.83 bits per heavy atom. The lowest BCUT2D eigenvalue weighted by molar-refractivity contribution is -0.146. The number of carbonyl (C=O) groups is 2. The molecule has 0 saturated heterocycles. The van der Waals surface area contributed by atoms with E-state index in [4.69, 9.17) is 14.2 Å². The summed E-state index contributed by atoms with van der Waals surface area (Å²) in [5, 5.41) is 0. The number of hydrogen-bond acceptors (Lipinski definition) is 5. The second-order valence-corrected chi connectivity index (χ2v) is 6.79. The molecule has 1 aromatic carbocycles. The van der Waals surface area contributed by atoms with Gasteiger partial charge in [0.05, 0.1) is 12.2 Å². The maximum absolute atomic E-state index is 12.3. The minimum Gasteiger partial charge on any atom is -0.463 e. The largest absolute Gasteiger partial charge is 0.463 e. The van der Waals surface area contributed by atoms with Gasteiger partial charge in [0.1, 0.15) is 12.2 Å². The standard InChI is InChI=1S/C19H24O5/c1-12(20)23-15-8-14-9-18(17(11-22-2)16(14)10-15)24-19(21)13-6-4-3-5-7-13/h3-7,14-18H,8-11H2,1-2H3/t14-,15?,16-,17?,18?/m1/s1. The molecule has 5 nitrogen and oxygen atoms in total. The van der Waals surface area contributed by atoms with Gasteiger partial charge in [-0.15, -0.1) is 0 Å². The Hall–Kier alpha value is -1.88. The van der Waals surface area contributed by atoms with Crippen molar-refractivity contribution in [2.24, 2.45) is 17.8 Å². The van der Waals surface area contributed by atoms with E-state index in [2.05, 4.69) is 0 Å². The molecule has 2 saturated carbocycles. The van der Waals surface area contributed by atoms with Crippen molar-refractivity contribution in [2.75, 3.05) is 13.7 Å². The maximum Gasteiger partial charge on any atom is 0.338 e. The van der Waals surface area contributed by atoms with Crippen molar-refractivity contribution >= 4 is 11.9 Å². The fourth-order valence-corrected chi connectivity index (χ4v) is 4.32. The van der Waals surface area contributed by atoms with Crippen LogP contribution in [-0.2, 0) is 19.0 Å². The number of carbonyl (C=O) groups excluding carboxylic acids is 2. The molecular formula is C19H24O5. The van der Waals surface area contributed by atoms with E-state index >= 15 is 0 Å². The molecule has 2 aliphatic carbocycles. The summed E-state index contributed by atoms with van der Waals surface area (Å²) in [5.41, 5.74) is 0.573. The fourth-order valence-electron chi connectivity index (χ4n) is 4.32. The highest BCUT2D eigenvalue weighted by atomic mass is 16.6. The minimum absolute atomic E-state index is 0.0115. The quantitative estimate of drug-likeness (QED) is 0.776. The Bertz CT molecular complexity index is 585. The number of esters is 2. The molecule has 0 aliphatic heterocycles. The van der Waals surface area contributed by atoms with Gasteiger partial charge in [-0.1, -0.05) is 18.2 Å². The van der Waals surface area contributed by atoms with E-state index in [0.717, 1.165) is 19.3 Å². The molecule has 0 radical (unpaired) electrons. The molecule has 0 N–H and O–H groups in total. The highest BCUT2D eigenvalue weighted by Crippen LogP contribution is 2.49.